The highest BCUT2D eigenvalue weighted by Crippen LogP contribution is 2.25. The van der Waals surface area contributed by atoms with E-state index in [1.807, 2.05) is 6.92 Å². The lowest BCUT2D eigenvalue weighted by Crippen LogP contribution is -2.47. The molecule has 0 bridgehead atoms. The lowest BCUT2D eigenvalue weighted by molar-refractivity contribution is -0.127. The van der Waals surface area contributed by atoms with E-state index in [-0.39, 0.29) is 35.7 Å². The van der Waals surface area contributed by atoms with E-state index >= 15 is 0 Å². The molecule has 1 heterocycles. The fourth-order valence-electron chi connectivity index (χ4n) is 3.12. The van der Waals surface area contributed by atoms with Gasteiger partial charge in [-0.1, -0.05) is 12.1 Å². The van der Waals surface area contributed by atoms with Crippen molar-refractivity contribution in [1.82, 2.24) is 10.2 Å². The fraction of sp³-hybridized carbons (Fsp3) is 0.579. The third-order valence-corrected chi connectivity index (χ3v) is 4.56. The summed E-state index contributed by atoms with van der Waals surface area (Å²) < 4.78 is 34.6. The number of hydrogen-bond donors (Lipinski definition) is 1. The molecule has 2 rings (SSSR count). The van der Waals surface area contributed by atoms with Crippen LogP contribution in [0.4, 0.5) is 8.78 Å². The van der Waals surface area contributed by atoms with Crippen LogP contribution >= 0.6 is 0 Å². The number of amides is 2. The van der Waals surface area contributed by atoms with Crippen LogP contribution < -0.4 is 10.1 Å². The number of piperidine rings is 1. The van der Waals surface area contributed by atoms with Gasteiger partial charge in [0.25, 0.3) is 5.91 Å². The summed E-state index contributed by atoms with van der Waals surface area (Å²) in [4.78, 5) is 26.8. The third kappa shape index (κ3) is 6.16. The largest absolute Gasteiger partial charge is 0.434 e. The van der Waals surface area contributed by atoms with Crippen LogP contribution in [-0.2, 0) is 9.53 Å². The van der Waals surface area contributed by atoms with E-state index in [2.05, 4.69) is 10.1 Å². The van der Waals surface area contributed by atoms with Gasteiger partial charge in [0.2, 0.25) is 5.91 Å². The molecule has 2 unspecified atom stereocenters. The summed E-state index contributed by atoms with van der Waals surface area (Å²) >= 11 is 0. The van der Waals surface area contributed by atoms with Gasteiger partial charge in [0.05, 0.1) is 11.5 Å². The molecule has 2 amide bonds. The average molecular weight is 384 g/mol. The van der Waals surface area contributed by atoms with Crippen LogP contribution in [-0.4, -0.2) is 56.2 Å². The molecule has 6 nitrogen and oxygen atoms in total. The molecule has 1 saturated heterocycles. The van der Waals surface area contributed by atoms with Gasteiger partial charge in [0.1, 0.15) is 5.75 Å². The fourth-order valence-corrected chi connectivity index (χ4v) is 3.12. The van der Waals surface area contributed by atoms with Crippen molar-refractivity contribution in [2.45, 2.75) is 38.8 Å². The maximum absolute atomic E-state index is 12.8. The van der Waals surface area contributed by atoms with Crippen LogP contribution in [0.3, 0.4) is 0 Å². The molecular weight excluding hydrogens is 358 g/mol. The number of carbonyl (C=O) groups excluding carboxylic acids is 2. The zero-order valence-corrected chi connectivity index (χ0v) is 15.6. The number of ether oxygens (including phenoxy) is 2. The number of nitrogens with zero attached hydrogens (tertiary/aromatic N) is 1. The first-order chi connectivity index (χ1) is 12.9. The summed E-state index contributed by atoms with van der Waals surface area (Å²) in [6, 6.07) is 5.89. The highest BCUT2D eigenvalue weighted by atomic mass is 19.3. The lowest BCUT2D eigenvalue weighted by Gasteiger charge is -2.33. The maximum atomic E-state index is 12.8. The van der Waals surface area contributed by atoms with Crippen molar-refractivity contribution in [1.29, 1.82) is 0 Å². The number of methoxy groups -OCH3 is 1. The molecule has 1 aliphatic rings. The first-order valence-electron chi connectivity index (χ1n) is 9.04. The van der Waals surface area contributed by atoms with Gasteiger partial charge in [0.15, 0.2) is 0 Å². The summed E-state index contributed by atoms with van der Waals surface area (Å²) in [6.07, 6.45) is 2.06. The van der Waals surface area contributed by atoms with E-state index in [4.69, 9.17) is 4.74 Å². The van der Waals surface area contributed by atoms with Gasteiger partial charge in [-0.15, -0.1) is 0 Å². The average Bonchev–Trinajstić information content (AvgIpc) is 2.66. The molecule has 27 heavy (non-hydrogen) atoms. The Kier molecular flexibility index (Phi) is 7.97. The molecule has 0 spiro atoms. The second kappa shape index (κ2) is 10.2. The predicted molar refractivity (Wildman–Crippen MR) is 95.8 cm³/mol. The zero-order chi connectivity index (χ0) is 19.8. The number of rotatable bonds is 8. The van der Waals surface area contributed by atoms with E-state index in [9.17, 15) is 18.4 Å². The number of likely N-dealkylation sites (tertiary alicyclic amines) is 1. The first kappa shape index (κ1) is 21.1. The van der Waals surface area contributed by atoms with E-state index < -0.39 is 12.5 Å². The Morgan fingerprint density at radius 2 is 2.07 bits per heavy atom. The SMILES string of the molecule is COCCC(C)NC(=O)C1CCCN(C(=O)c2ccccc2OC(F)F)C1. The van der Waals surface area contributed by atoms with E-state index in [1.165, 1.54) is 23.1 Å². The monoisotopic (exact) mass is 384 g/mol. The van der Waals surface area contributed by atoms with Crippen LogP contribution in [0.5, 0.6) is 5.75 Å². The minimum atomic E-state index is -3.01. The summed E-state index contributed by atoms with van der Waals surface area (Å²) in [5.74, 6) is -0.988. The van der Waals surface area contributed by atoms with Gasteiger partial charge < -0.3 is 19.7 Å². The Balaban J connectivity index is 2.01. The Hall–Kier alpha value is -2.22. The second-order valence-corrected chi connectivity index (χ2v) is 6.66. The van der Waals surface area contributed by atoms with E-state index in [0.29, 0.717) is 32.4 Å². The normalized spacial score (nSPS) is 18.3. The van der Waals surface area contributed by atoms with Gasteiger partial charge in [-0.05, 0) is 38.3 Å². The van der Waals surface area contributed by atoms with Crippen LogP contribution in [0.1, 0.15) is 36.5 Å². The van der Waals surface area contributed by atoms with E-state index in [1.54, 1.807) is 13.2 Å². The van der Waals surface area contributed by atoms with Crippen molar-refractivity contribution in [3.05, 3.63) is 29.8 Å². The topological polar surface area (TPSA) is 67.9 Å². The minimum absolute atomic E-state index is 0.0244. The van der Waals surface area contributed by atoms with Crippen LogP contribution in [0.15, 0.2) is 24.3 Å². The van der Waals surface area contributed by atoms with Crippen molar-refractivity contribution in [3.8, 4) is 5.75 Å². The Morgan fingerprint density at radius 1 is 1.33 bits per heavy atom. The standard InChI is InChI=1S/C19H26F2N2O4/c1-13(9-11-26-2)22-17(24)14-6-5-10-23(12-14)18(25)15-7-3-4-8-16(15)27-19(20)21/h3-4,7-8,13-14,19H,5-6,9-12H2,1-2H3,(H,22,24). The number of halogens is 2. The number of alkyl halides is 2. The van der Waals surface area contributed by atoms with E-state index in [0.717, 1.165) is 0 Å². The molecule has 0 aromatic heterocycles. The summed E-state index contributed by atoms with van der Waals surface area (Å²) in [5.41, 5.74) is 0.0762. The number of benzene rings is 1. The molecule has 1 aromatic rings. The summed E-state index contributed by atoms with van der Waals surface area (Å²) in [7, 11) is 1.61. The number of nitrogens with one attached hydrogen (secondary N) is 1. The molecule has 0 saturated carbocycles. The Bertz CT molecular complexity index is 642. The lowest BCUT2D eigenvalue weighted by atomic mass is 9.96. The Morgan fingerprint density at radius 3 is 2.78 bits per heavy atom. The predicted octanol–water partition coefficient (Wildman–Crippen LogP) is 2.68. The third-order valence-electron chi connectivity index (χ3n) is 4.56. The molecule has 0 aliphatic carbocycles. The molecule has 1 N–H and O–H groups in total. The molecular formula is C19H26F2N2O4. The zero-order valence-electron chi connectivity index (χ0n) is 15.6. The van der Waals surface area contributed by atoms with Gasteiger partial charge in [-0.2, -0.15) is 8.78 Å². The number of para-hydroxylation sites is 1. The molecule has 150 valence electrons. The molecule has 1 aliphatic heterocycles. The van der Waals surface area contributed by atoms with Gasteiger partial charge in [0, 0.05) is 32.8 Å². The molecule has 2 atom stereocenters. The van der Waals surface area contributed by atoms with Crippen molar-refractivity contribution in [3.63, 3.8) is 0 Å². The van der Waals surface area contributed by atoms with Gasteiger partial charge in [-0.25, -0.2) is 0 Å². The van der Waals surface area contributed by atoms with Crippen LogP contribution in [0, 0.1) is 5.92 Å². The molecule has 1 fully saturated rings. The van der Waals surface area contributed by atoms with Crippen LogP contribution in [0.2, 0.25) is 0 Å². The highest BCUT2D eigenvalue weighted by molar-refractivity contribution is 5.97. The number of hydrogen-bond acceptors (Lipinski definition) is 4. The molecule has 1 aromatic carbocycles. The number of carbonyl (C=O) groups is 2. The van der Waals surface area contributed by atoms with Crippen molar-refractivity contribution in [2.24, 2.45) is 5.92 Å². The van der Waals surface area contributed by atoms with Gasteiger partial charge >= 0.3 is 6.61 Å². The van der Waals surface area contributed by atoms with Gasteiger partial charge in [-0.3, -0.25) is 9.59 Å². The van der Waals surface area contributed by atoms with Crippen molar-refractivity contribution >= 4 is 11.8 Å². The second-order valence-electron chi connectivity index (χ2n) is 6.66. The summed E-state index contributed by atoms with van der Waals surface area (Å²) in [5, 5.41) is 2.94. The minimum Gasteiger partial charge on any atom is -0.434 e. The Labute approximate surface area is 157 Å². The quantitative estimate of drug-likeness (QED) is 0.748. The van der Waals surface area contributed by atoms with Crippen molar-refractivity contribution in [2.75, 3.05) is 26.8 Å². The molecule has 8 heteroatoms. The maximum Gasteiger partial charge on any atom is 0.387 e. The first-order valence-corrected chi connectivity index (χ1v) is 9.04. The summed E-state index contributed by atoms with van der Waals surface area (Å²) in [6.45, 7) is 0.181. The highest BCUT2D eigenvalue weighted by Gasteiger charge is 2.30. The smallest absolute Gasteiger partial charge is 0.387 e. The molecule has 0 radical (unpaired) electrons. The van der Waals surface area contributed by atoms with Crippen molar-refractivity contribution < 1.29 is 27.8 Å². The van der Waals surface area contributed by atoms with Crippen LogP contribution in [0.25, 0.3) is 0 Å².